The summed E-state index contributed by atoms with van der Waals surface area (Å²) in [5.74, 6) is -0.198. The molecule has 1 heterocycles. The zero-order valence-electron chi connectivity index (χ0n) is 19.4. The van der Waals surface area contributed by atoms with Crippen LogP contribution >= 0.6 is 0 Å². The number of para-hydroxylation sites is 1. The maximum atomic E-state index is 13.4. The van der Waals surface area contributed by atoms with Crippen molar-refractivity contribution in [2.24, 2.45) is 5.92 Å². The molecule has 0 radical (unpaired) electrons. The van der Waals surface area contributed by atoms with Crippen molar-refractivity contribution in [3.05, 3.63) is 48.5 Å². The monoisotopic (exact) mass is 473 g/mol. The van der Waals surface area contributed by atoms with Gasteiger partial charge in [0.2, 0.25) is 11.8 Å². The van der Waals surface area contributed by atoms with E-state index in [2.05, 4.69) is 5.32 Å². The molecular formula is C24H31N3O5S. The predicted molar refractivity (Wildman–Crippen MR) is 128 cm³/mol. The van der Waals surface area contributed by atoms with E-state index in [-0.39, 0.29) is 34.9 Å². The van der Waals surface area contributed by atoms with Crippen LogP contribution < -0.4 is 14.4 Å². The fraction of sp³-hybridized carbons (Fsp3) is 0.417. The van der Waals surface area contributed by atoms with Gasteiger partial charge in [-0.25, -0.2) is 8.42 Å². The fourth-order valence-corrected chi connectivity index (χ4v) is 5.63. The molecule has 1 aliphatic rings. The van der Waals surface area contributed by atoms with Crippen LogP contribution in [0.4, 0.5) is 11.4 Å². The number of carbonyl (C=O) groups is 2. The summed E-state index contributed by atoms with van der Waals surface area (Å²) < 4.78 is 33.5. The van der Waals surface area contributed by atoms with E-state index in [1.807, 2.05) is 19.9 Å². The van der Waals surface area contributed by atoms with Crippen molar-refractivity contribution in [3.63, 3.8) is 0 Å². The Balaban J connectivity index is 1.95. The van der Waals surface area contributed by atoms with Crippen molar-refractivity contribution < 1.29 is 22.7 Å². The number of hydrogen-bond acceptors (Lipinski definition) is 5. The van der Waals surface area contributed by atoms with Crippen LogP contribution in [0.3, 0.4) is 0 Å². The third kappa shape index (κ3) is 5.13. The van der Waals surface area contributed by atoms with Crippen LogP contribution in [0.1, 0.15) is 33.6 Å². The average molecular weight is 474 g/mol. The lowest BCUT2D eigenvalue weighted by Crippen LogP contribution is -2.48. The van der Waals surface area contributed by atoms with Gasteiger partial charge in [0.15, 0.2) is 0 Å². The Morgan fingerprint density at radius 2 is 1.88 bits per heavy atom. The van der Waals surface area contributed by atoms with E-state index in [1.165, 1.54) is 29.6 Å². The molecular weight excluding hydrogens is 442 g/mol. The van der Waals surface area contributed by atoms with Crippen LogP contribution in [0.25, 0.3) is 0 Å². The Bertz CT molecular complexity index is 1100. The second-order valence-electron chi connectivity index (χ2n) is 8.24. The Morgan fingerprint density at radius 3 is 2.42 bits per heavy atom. The van der Waals surface area contributed by atoms with Gasteiger partial charge in [-0.15, -0.1) is 0 Å². The Labute approximate surface area is 195 Å². The summed E-state index contributed by atoms with van der Waals surface area (Å²) in [5, 5.41) is 2.81. The number of hydrogen-bond donors (Lipinski definition) is 1. The van der Waals surface area contributed by atoms with Crippen LogP contribution in [-0.2, 0) is 19.6 Å². The first-order valence-electron chi connectivity index (χ1n) is 11.1. The zero-order chi connectivity index (χ0) is 24.2. The number of nitrogens with zero attached hydrogens (tertiary/aromatic N) is 2. The normalized spacial score (nSPS) is 14.9. The van der Waals surface area contributed by atoms with E-state index < -0.39 is 16.1 Å². The fourth-order valence-electron chi connectivity index (χ4n) is 4.13. The molecule has 0 aliphatic carbocycles. The highest BCUT2D eigenvalue weighted by Crippen LogP contribution is 2.31. The minimum Gasteiger partial charge on any atom is -0.495 e. The highest BCUT2D eigenvalue weighted by molar-refractivity contribution is 7.92. The van der Waals surface area contributed by atoms with Crippen LogP contribution in [0.2, 0.25) is 0 Å². The Kier molecular flexibility index (Phi) is 7.63. The summed E-state index contributed by atoms with van der Waals surface area (Å²) in [4.78, 5) is 27.1. The van der Waals surface area contributed by atoms with Gasteiger partial charge in [-0.05, 0) is 49.6 Å². The summed E-state index contributed by atoms with van der Waals surface area (Å²) in [5.41, 5.74) is 0.791. The lowest BCUT2D eigenvalue weighted by molar-refractivity contribution is -0.136. The van der Waals surface area contributed by atoms with Gasteiger partial charge in [-0.3, -0.25) is 13.9 Å². The van der Waals surface area contributed by atoms with E-state index in [1.54, 1.807) is 36.1 Å². The van der Waals surface area contributed by atoms with Gasteiger partial charge in [-0.1, -0.05) is 32.0 Å². The van der Waals surface area contributed by atoms with Crippen LogP contribution in [-0.4, -0.2) is 51.4 Å². The van der Waals surface area contributed by atoms with E-state index in [4.69, 9.17) is 4.74 Å². The van der Waals surface area contributed by atoms with Crippen molar-refractivity contribution in [1.82, 2.24) is 4.90 Å². The second-order valence-corrected chi connectivity index (χ2v) is 10.1. The summed E-state index contributed by atoms with van der Waals surface area (Å²) in [7, 11) is -2.44. The molecule has 0 aromatic heterocycles. The van der Waals surface area contributed by atoms with Crippen LogP contribution in [0.15, 0.2) is 53.4 Å². The molecule has 1 unspecified atom stereocenters. The molecule has 3 rings (SSSR count). The average Bonchev–Trinajstić information content (AvgIpc) is 3.19. The molecule has 0 spiro atoms. The number of rotatable bonds is 9. The van der Waals surface area contributed by atoms with Crippen molar-refractivity contribution >= 4 is 33.2 Å². The molecule has 2 aromatic carbocycles. The summed E-state index contributed by atoms with van der Waals surface area (Å²) in [6, 6.07) is 12.6. The molecule has 9 heteroatoms. The molecule has 178 valence electrons. The largest absolute Gasteiger partial charge is 0.495 e. The van der Waals surface area contributed by atoms with Gasteiger partial charge in [0.25, 0.3) is 10.0 Å². The lowest BCUT2D eigenvalue weighted by Gasteiger charge is -2.30. The predicted octanol–water partition coefficient (Wildman–Crippen LogP) is 3.50. The first-order valence-corrected chi connectivity index (χ1v) is 12.5. The first-order chi connectivity index (χ1) is 15.7. The summed E-state index contributed by atoms with van der Waals surface area (Å²) >= 11 is 0. The van der Waals surface area contributed by atoms with E-state index in [0.29, 0.717) is 24.4 Å². The third-order valence-corrected chi connectivity index (χ3v) is 7.59. The van der Waals surface area contributed by atoms with Gasteiger partial charge in [-0.2, -0.15) is 0 Å². The number of benzene rings is 2. The smallest absolute Gasteiger partial charge is 0.264 e. The molecule has 2 amide bonds. The number of anilines is 2. The molecule has 8 nitrogen and oxygen atoms in total. The number of nitrogens with one attached hydrogen (secondary N) is 1. The SMILES string of the molecule is CCN(c1ccccc1)S(=O)(=O)c1ccc(OC)c(NC(=O)C(C(C)C)N2CCCC2=O)c1. The van der Waals surface area contributed by atoms with Gasteiger partial charge in [0, 0.05) is 19.5 Å². The van der Waals surface area contributed by atoms with E-state index in [9.17, 15) is 18.0 Å². The van der Waals surface area contributed by atoms with Gasteiger partial charge in [0.1, 0.15) is 11.8 Å². The van der Waals surface area contributed by atoms with E-state index >= 15 is 0 Å². The third-order valence-electron chi connectivity index (χ3n) is 5.69. The minimum absolute atomic E-state index is 0.0302. The number of carbonyl (C=O) groups excluding carboxylic acids is 2. The van der Waals surface area contributed by atoms with Crippen molar-refractivity contribution in [2.45, 2.75) is 44.6 Å². The summed E-state index contributed by atoms with van der Waals surface area (Å²) in [6.07, 6.45) is 1.15. The minimum atomic E-state index is -3.89. The van der Waals surface area contributed by atoms with Crippen molar-refractivity contribution in [2.75, 3.05) is 29.8 Å². The van der Waals surface area contributed by atoms with Crippen LogP contribution in [0, 0.1) is 5.92 Å². The van der Waals surface area contributed by atoms with Crippen LogP contribution in [0.5, 0.6) is 5.75 Å². The first kappa shape index (κ1) is 24.6. The molecule has 1 N–H and O–H groups in total. The van der Waals surface area contributed by atoms with Gasteiger partial charge in [0.05, 0.1) is 23.4 Å². The molecule has 2 aromatic rings. The molecule has 1 saturated heterocycles. The number of likely N-dealkylation sites (tertiary alicyclic amines) is 1. The second kappa shape index (κ2) is 10.2. The van der Waals surface area contributed by atoms with Gasteiger partial charge < -0.3 is 15.0 Å². The number of methoxy groups -OCH3 is 1. The lowest BCUT2D eigenvalue weighted by atomic mass is 10.0. The topological polar surface area (TPSA) is 96.0 Å². The highest BCUT2D eigenvalue weighted by atomic mass is 32.2. The molecule has 33 heavy (non-hydrogen) atoms. The molecule has 0 bridgehead atoms. The maximum Gasteiger partial charge on any atom is 0.264 e. The van der Waals surface area contributed by atoms with Crippen molar-refractivity contribution in [3.8, 4) is 5.75 Å². The highest BCUT2D eigenvalue weighted by Gasteiger charge is 2.35. The molecule has 1 atom stereocenters. The quantitative estimate of drug-likeness (QED) is 0.601. The summed E-state index contributed by atoms with van der Waals surface area (Å²) in [6.45, 7) is 6.30. The standard InChI is InChI=1S/C24H31N3O5S/c1-5-27(18-10-7-6-8-11-18)33(30,31)19-13-14-21(32-4)20(16-19)25-24(29)23(17(2)3)26-15-9-12-22(26)28/h6-8,10-11,13-14,16-17,23H,5,9,12,15H2,1-4H3,(H,25,29). The number of ether oxygens (including phenoxy) is 1. The number of sulfonamides is 1. The molecule has 0 saturated carbocycles. The van der Waals surface area contributed by atoms with Crippen molar-refractivity contribution in [1.29, 1.82) is 0 Å². The van der Waals surface area contributed by atoms with Gasteiger partial charge >= 0.3 is 0 Å². The maximum absolute atomic E-state index is 13.4. The van der Waals surface area contributed by atoms with E-state index in [0.717, 1.165) is 6.42 Å². The number of amides is 2. The Hall–Kier alpha value is -3.07. The Morgan fingerprint density at radius 1 is 1.18 bits per heavy atom. The molecule has 1 fully saturated rings. The zero-order valence-corrected chi connectivity index (χ0v) is 20.3. The molecule has 1 aliphatic heterocycles.